The lowest BCUT2D eigenvalue weighted by Gasteiger charge is -2.15. The Morgan fingerprint density at radius 1 is 1.29 bits per heavy atom. The van der Waals surface area contributed by atoms with E-state index in [1.54, 1.807) is 0 Å². The van der Waals surface area contributed by atoms with Crippen molar-refractivity contribution < 1.29 is 9.84 Å². The van der Waals surface area contributed by atoms with Crippen LogP contribution < -0.4 is 10.1 Å². The van der Waals surface area contributed by atoms with Crippen LogP contribution in [0.4, 0.5) is 0 Å². The molecule has 0 atom stereocenters. The largest absolute Gasteiger partial charge is 0.492 e. The highest BCUT2D eigenvalue weighted by molar-refractivity contribution is 5.39. The monoisotopic (exact) mass is 237 g/mol. The Hall–Kier alpha value is -1.06. The van der Waals surface area contributed by atoms with Gasteiger partial charge in [-0.1, -0.05) is 26.0 Å². The summed E-state index contributed by atoms with van der Waals surface area (Å²) < 4.78 is 5.78. The normalized spacial score (nSPS) is 10.9. The molecule has 0 aromatic heterocycles. The molecule has 2 N–H and O–H groups in total. The molecule has 17 heavy (non-hydrogen) atoms. The first-order valence-electron chi connectivity index (χ1n) is 6.20. The van der Waals surface area contributed by atoms with Crippen molar-refractivity contribution in [1.82, 2.24) is 5.32 Å². The van der Waals surface area contributed by atoms with Gasteiger partial charge in [-0.2, -0.15) is 0 Å². The minimum Gasteiger partial charge on any atom is -0.492 e. The molecule has 0 aliphatic rings. The van der Waals surface area contributed by atoms with E-state index >= 15 is 0 Å². The molecule has 0 heterocycles. The molecule has 0 saturated heterocycles. The Bertz CT molecular complexity index is 337. The number of aliphatic hydroxyl groups excluding tert-OH is 1. The molecule has 1 aromatic rings. The summed E-state index contributed by atoms with van der Waals surface area (Å²) in [5, 5.41) is 11.7. The number of ether oxygens (including phenoxy) is 1. The van der Waals surface area contributed by atoms with Crippen LogP contribution in [0.1, 0.15) is 30.9 Å². The van der Waals surface area contributed by atoms with Gasteiger partial charge in [0.2, 0.25) is 0 Å². The van der Waals surface area contributed by atoms with E-state index in [-0.39, 0.29) is 6.61 Å². The molecule has 1 aromatic carbocycles. The Kier molecular flexibility index (Phi) is 6.01. The minimum atomic E-state index is 0.168. The average molecular weight is 237 g/mol. The second-order valence-electron chi connectivity index (χ2n) is 4.52. The maximum atomic E-state index is 8.63. The summed E-state index contributed by atoms with van der Waals surface area (Å²) in [5.74, 6) is 1.45. The van der Waals surface area contributed by atoms with Crippen molar-refractivity contribution in [1.29, 1.82) is 0 Å². The Labute approximate surface area is 104 Å². The van der Waals surface area contributed by atoms with Crippen molar-refractivity contribution in [2.75, 3.05) is 26.3 Å². The van der Waals surface area contributed by atoms with Gasteiger partial charge < -0.3 is 15.2 Å². The van der Waals surface area contributed by atoms with E-state index in [0.717, 1.165) is 12.3 Å². The molecule has 0 unspecified atom stereocenters. The van der Waals surface area contributed by atoms with Crippen molar-refractivity contribution in [3.05, 3.63) is 29.3 Å². The zero-order valence-electron chi connectivity index (χ0n) is 11.0. The maximum absolute atomic E-state index is 8.63. The van der Waals surface area contributed by atoms with Gasteiger partial charge in [-0.15, -0.1) is 0 Å². The van der Waals surface area contributed by atoms with Gasteiger partial charge in [0.1, 0.15) is 12.4 Å². The molecule has 3 nitrogen and oxygen atoms in total. The van der Waals surface area contributed by atoms with Crippen LogP contribution in [0.3, 0.4) is 0 Å². The smallest absolute Gasteiger partial charge is 0.123 e. The lowest BCUT2D eigenvalue weighted by molar-refractivity contribution is 0.274. The molecule has 0 aliphatic heterocycles. The standard InChI is InChI=1S/C14H23NO2/c1-11(2)13-5-4-12(3)10-14(13)17-9-7-15-6-8-16/h4-5,10-11,15-16H,6-9H2,1-3H3. The lowest BCUT2D eigenvalue weighted by Crippen LogP contribution is -2.24. The molecule has 0 fully saturated rings. The molecular formula is C14H23NO2. The summed E-state index contributed by atoms with van der Waals surface area (Å²) in [7, 11) is 0. The van der Waals surface area contributed by atoms with E-state index in [2.05, 4.69) is 44.3 Å². The molecule has 0 amide bonds. The first-order chi connectivity index (χ1) is 8.15. The topological polar surface area (TPSA) is 41.5 Å². The highest BCUT2D eigenvalue weighted by Crippen LogP contribution is 2.27. The predicted molar refractivity (Wildman–Crippen MR) is 70.7 cm³/mol. The van der Waals surface area contributed by atoms with Gasteiger partial charge in [0.05, 0.1) is 6.61 Å². The highest BCUT2D eigenvalue weighted by Gasteiger charge is 2.07. The molecule has 0 radical (unpaired) electrons. The van der Waals surface area contributed by atoms with E-state index in [1.165, 1.54) is 11.1 Å². The Morgan fingerprint density at radius 2 is 2.06 bits per heavy atom. The van der Waals surface area contributed by atoms with E-state index in [1.807, 2.05) is 0 Å². The van der Waals surface area contributed by atoms with Gasteiger partial charge in [0.15, 0.2) is 0 Å². The number of aryl methyl sites for hydroxylation is 1. The van der Waals surface area contributed by atoms with Gasteiger partial charge in [0.25, 0.3) is 0 Å². The zero-order chi connectivity index (χ0) is 12.7. The molecule has 0 saturated carbocycles. The van der Waals surface area contributed by atoms with E-state index < -0.39 is 0 Å². The number of hydrogen-bond donors (Lipinski definition) is 2. The fraction of sp³-hybridized carbons (Fsp3) is 0.571. The van der Waals surface area contributed by atoms with Gasteiger partial charge in [0, 0.05) is 13.1 Å². The summed E-state index contributed by atoms with van der Waals surface area (Å²) in [6.07, 6.45) is 0. The molecular weight excluding hydrogens is 214 g/mol. The van der Waals surface area contributed by atoms with E-state index in [9.17, 15) is 0 Å². The van der Waals surface area contributed by atoms with Gasteiger partial charge >= 0.3 is 0 Å². The van der Waals surface area contributed by atoms with Crippen molar-refractivity contribution in [2.45, 2.75) is 26.7 Å². The summed E-state index contributed by atoms with van der Waals surface area (Å²) in [6, 6.07) is 6.34. The quantitative estimate of drug-likeness (QED) is 0.713. The third-order valence-corrected chi connectivity index (χ3v) is 2.62. The minimum absolute atomic E-state index is 0.168. The Balaban J connectivity index is 2.53. The fourth-order valence-corrected chi connectivity index (χ4v) is 1.68. The zero-order valence-corrected chi connectivity index (χ0v) is 11.0. The molecule has 1 rings (SSSR count). The van der Waals surface area contributed by atoms with E-state index in [4.69, 9.17) is 9.84 Å². The van der Waals surface area contributed by atoms with Crippen molar-refractivity contribution in [3.8, 4) is 5.75 Å². The van der Waals surface area contributed by atoms with Crippen LogP contribution in [-0.2, 0) is 0 Å². The number of hydrogen-bond acceptors (Lipinski definition) is 3. The number of rotatable bonds is 7. The molecule has 3 heteroatoms. The van der Waals surface area contributed by atoms with Crippen LogP contribution >= 0.6 is 0 Å². The number of benzene rings is 1. The molecule has 0 aliphatic carbocycles. The average Bonchev–Trinajstić information content (AvgIpc) is 2.28. The lowest BCUT2D eigenvalue weighted by atomic mass is 10.0. The second kappa shape index (κ2) is 7.30. The SMILES string of the molecule is Cc1ccc(C(C)C)c(OCCNCCO)c1. The van der Waals surface area contributed by atoms with Crippen LogP contribution in [0.5, 0.6) is 5.75 Å². The van der Waals surface area contributed by atoms with Crippen LogP contribution in [0.25, 0.3) is 0 Å². The predicted octanol–water partition coefficient (Wildman–Crippen LogP) is 2.08. The Morgan fingerprint density at radius 3 is 2.71 bits per heavy atom. The third-order valence-electron chi connectivity index (χ3n) is 2.62. The van der Waals surface area contributed by atoms with Gasteiger partial charge in [-0.3, -0.25) is 0 Å². The first-order valence-corrected chi connectivity index (χ1v) is 6.20. The summed E-state index contributed by atoms with van der Waals surface area (Å²) in [5.41, 5.74) is 2.46. The van der Waals surface area contributed by atoms with Gasteiger partial charge in [-0.25, -0.2) is 0 Å². The second-order valence-corrected chi connectivity index (χ2v) is 4.52. The summed E-state index contributed by atoms with van der Waals surface area (Å²) in [4.78, 5) is 0. The maximum Gasteiger partial charge on any atom is 0.123 e. The number of aliphatic hydroxyl groups is 1. The fourth-order valence-electron chi connectivity index (χ4n) is 1.68. The van der Waals surface area contributed by atoms with Crippen LogP contribution in [0.15, 0.2) is 18.2 Å². The highest BCUT2D eigenvalue weighted by atomic mass is 16.5. The molecule has 0 bridgehead atoms. The number of nitrogens with one attached hydrogen (secondary N) is 1. The van der Waals surface area contributed by atoms with Crippen LogP contribution in [0.2, 0.25) is 0 Å². The molecule has 96 valence electrons. The van der Waals surface area contributed by atoms with Gasteiger partial charge in [-0.05, 0) is 30.0 Å². The van der Waals surface area contributed by atoms with Crippen LogP contribution in [-0.4, -0.2) is 31.4 Å². The van der Waals surface area contributed by atoms with Crippen LogP contribution in [0, 0.1) is 6.92 Å². The first kappa shape index (κ1) is 14.0. The summed E-state index contributed by atoms with van der Waals surface area (Å²) in [6.45, 7) is 8.58. The molecule has 0 spiro atoms. The van der Waals surface area contributed by atoms with Crippen molar-refractivity contribution in [2.24, 2.45) is 0 Å². The van der Waals surface area contributed by atoms with Crippen molar-refractivity contribution in [3.63, 3.8) is 0 Å². The summed E-state index contributed by atoms with van der Waals surface area (Å²) >= 11 is 0. The van der Waals surface area contributed by atoms with Crippen molar-refractivity contribution >= 4 is 0 Å². The third kappa shape index (κ3) is 4.75. The van der Waals surface area contributed by atoms with E-state index in [0.29, 0.717) is 19.1 Å².